The summed E-state index contributed by atoms with van der Waals surface area (Å²) in [5.74, 6) is 0.672. The third-order valence-electron chi connectivity index (χ3n) is 2.98. The summed E-state index contributed by atoms with van der Waals surface area (Å²) in [6.07, 6.45) is 0. The Balaban J connectivity index is 2.18. The Bertz CT molecular complexity index is 659. The van der Waals surface area contributed by atoms with E-state index in [2.05, 4.69) is 15.9 Å². The molecule has 0 amide bonds. The summed E-state index contributed by atoms with van der Waals surface area (Å²) in [4.78, 5) is 10.3. The summed E-state index contributed by atoms with van der Waals surface area (Å²) in [5, 5.41) is 10.8. The van der Waals surface area contributed by atoms with Gasteiger partial charge in [0.15, 0.2) is 0 Å². The van der Waals surface area contributed by atoms with Crippen LogP contribution in [0.1, 0.15) is 24.1 Å². The molecule has 1 unspecified atom stereocenters. The number of nitrogens with two attached hydrogens (primary N) is 1. The molecular weight excluding hydrogens is 336 g/mol. The lowest BCUT2D eigenvalue weighted by atomic mass is 10.1. The molecule has 0 heterocycles. The van der Waals surface area contributed by atoms with Crippen LogP contribution in [0.15, 0.2) is 46.9 Å². The van der Waals surface area contributed by atoms with E-state index in [1.54, 1.807) is 12.1 Å². The molecule has 110 valence electrons. The molecule has 6 heteroatoms. The maximum absolute atomic E-state index is 10.8. The summed E-state index contributed by atoms with van der Waals surface area (Å²) >= 11 is 3.39. The van der Waals surface area contributed by atoms with Gasteiger partial charge in [-0.2, -0.15) is 0 Å². The third kappa shape index (κ3) is 4.03. The molecular formula is C15H15BrN2O3. The van der Waals surface area contributed by atoms with Gasteiger partial charge in [-0.1, -0.05) is 34.1 Å². The van der Waals surface area contributed by atoms with Crippen molar-refractivity contribution < 1.29 is 9.66 Å². The summed E-state index contributed by atoms with van der Waals surface area (Å²) in [6, 6.07) is 11.9. The molecule has 0 aromatic heterocycles. The molecule has 2 N–H and O–H groups in total. The van der Waals surface area contributed by atoms with Gasteiger partial charge in [0.05, 0.1) is 4.92 Å². The van der Waals surface area contributed by atoms with Gasteiger partial charge in [-0.3, -0.25) is 10.1 Å². The molecule has 0 bridgehead atoms. The second kappa shape index (κ2) is 6.69. The van der Waals surface area contributed by atoms with E-state index < -0.39 is 4.92 Å². The van der Waals surface area contributed by atoms with Gasteiger partial charge in [-0.25, -0.2) is 0 Å². The lowest BCUT2D eigenvalue weighted by molar-refractivity contribution is -0.384. The van der Waals surface area contributed by atoms with Crippen LogP contribution in [0.25, 0.3) is 0 Å². The van der Waals surface area contributed by atoms with Gasteiger partial charge in [0.2, 0.25) is 0 Å². The van der Waals surface area contributed by atoms with Gasteiger partial charge in [-0.15, -0.1) is 0 Å². The summed E-state index contributed by atoms with van der Waals surface area (Å²) in [7, 11) is 0. The van der Waals surface area contributed by atoms with Crippen LogP contribution < -0.4 is 10.5 Å². The van der Waals surface area contributed by atoms with Crippen LogP contribution in [0.5, 0.6) is 5.75 Å². The van der Waals surface area contributed by atoms with Crippen LogP contribution in [0, 0.1) is 10.1 Å². The van der Waals surface area contributed by atoms with Crippen LogP contribution in [-0.2, 0) is 6.61 Å². The van der Waals surface area contributed by atoms with Gasteiger partial charge < -0.3 is 10.5 Å². The van der Waals surface area contributed by atoms with Crippen molar-refractivity contribution in [2.45, 2.75) is 19.6 Å². The molecule has 2 aromatic carbocycles. The second-order valence-electron chi connectivity index (χ2n) is 4.69. The van der Waals surface area contributed by atoms with Crippen molar-refractivity contribution >= 4 is 21.6 Å². The predicted molar refractivity (Wildman–Crippen MR) is 84.2 cm³/mol. The van der Waals surface area contributed by atoms with E-state index in [4.69, 9.17) is 10.5 Å². The Labute approximate surface area is 131 Å². The van der Waals surface area contributed by atoms with E-state index in [0.29, 0.717) is 5.75 Å². The van der Waals surface area contributed by atoms with E-state index >= 15 is 0 Å². The monoisotopic (exact) mass is 350 g/mol. The number of benzene rings is 2. The van der Waals surface area contributed by atoms with Gasteiger partial charge in [0.1, 0.15) is 12.4 Å². The molecule has 0 spiro atoms. The van der Waals surface area contributed by atoms with Crippen LogP contribution >= 0.6 is 15.9 Å². The normalized spacial score (nSPS) is 12.0. The van der Waals surface area contributed by atoms with E-state index in [1.165, 1.54) is 12.1 Å². The third-order valence-corrected chi connectivity index (χ3v) is 3.48. The fourth-order valence-electron chi connectivity index (χ4n) is 1.93. The molecule has 1 atom stereocenters. The van der Waals surface area contributed by atoms with Crippen molar-refractivity contribution in [3.63, 3.8) is 0 Å². The molecule has 0 aliphatic heterocycles. The van der Waals surface area contributed by atoms with E-state index in [9.17, 15) is 10.1 Å². The van der Waals surface area contributed by atoms with Gasteiger partial charge in [0.25, 0.3) is 5.69 Å². The quantitative estimate of drug-likeness (QED) is 0.653. The fraction of sp³-hybridized carbons (Fsp3) is 0.200. The van der Waals surface area contributed by atoms with Crippen LogP contribution in [0.3, 0.4) is 0 Å². The number of rotatable bonds is 5. The van der Waals surface area contributed by atoms with Gasteiger partial charge in [0, 0.05) is 28.2 Å². The number of hydrogen-bond donors (Lipinski definition) is 1. The zero-order valence-corrected chi connectivity index (χ0v) is 13.0. The highest BCUT2D eigenvalue weighted by Crippen LogP contribution is 2.28. The Kier molecular flexibility index (Phi) is 4.93. The molecule has 0 saturated heterocycles. The summed E-state index contributed by atoms with van der Waals surface area (Å²) in [6.45, 7) is 2.13. The first-order chi connectivity index (χ1) is 9.97. The Morgan fingerprint density at radius 2 is 2.10 bits per heavy atom. The first-order valence-corrected chi connectivity index (χ1v) is 7.18. The van der Waals surface area contributed by atoms with Crippen molar-refractivity contribution in [1.29, 1.82) is 0 Å². The van der Waals surface area contributed by atoms with Crippen molar-refractivity contribution in [2.24, 2.45) is 5.73 Å². The number of nitro groups is 1. The van der Waals surface area contributed by atoms with Crippen LogP contribution in [0.4, 0.5) is 5.69 Å². The summed E-state index contributed by atoms with van der Waals surface area (Å²) < 4.78 is 6.66. The molecule has 21 heavy (non-hydrogen) atoms. The van der Waals surface area contributed by atoms with E-state index in [1.807, 2.05) is 25.1 Å². The molecule has 2 aromatic rings. The standard InChI is InChI=1S/C15H15BrN2O3/c1-10(17)14-6-5-12(16)8-15(14)21-9-11-3-2-4-13(7-11)18(19)20/h2-8,10H,9,17H2,1H3. The topological polar surface area (TPSA) is 78.4 Å². The molecule has 0 fully saturated rings. The maximum atomic E-state index is 10.8. The lowest BCUT2D eigenvalue weighted by Gasteiger charge is -2.14. The SMILES string of the molecule is CC(N)c1ccc(Br)cc1OCc1cccc([N+](=O)[O-])c1. The van der Waals surface area contributed by atoms with Crippen molar-refractivity contribution in [3.8, 4) is 5.75 Å². The molecule has 0 saturated carbocycles. The number of hydrogen-bond acceptors (Lipinski definition) is 4. The first-order valence-electron chi connectivity index (χ1n) is 6.38. The zero-order valence-electron chi connectivity index (χ0n) is 11.5. The smallest absolute Gasteiger partial charge is 0.269 e. The Morgan fingerprint density at radius 3 is 2.76 bits per heavy atom. The number of non-ortho nitro benzene ring substituents is 1. The molecule has 0 aliphatic carbocycles. The van der Waals surface area contributed by atoms with Gasteiger partial charge >= 0.3 is 0 Å². The number of ether oxygens (including phenoxy) is 1. The zero-order chi connectivity index (χ0) is 15.4. The van der Waals surface area contributed by atoms with Crippen molar-refractivity contribution in [1.82, 2.24) is 0 Å². The molecule has 0 aliphatic rings. The number of nitro benzene ring substituents is 1. The first kappa shape index (κ1) is 15.5. The fourth-order valence-corrected chi connectivity index (χ4v) is 2.27. The predicted octanol–water partition coefficient (Wildman–Crippen LogP) is 3.96. The minimum absolute atomic E-state index is 0.0535. The highest BCUT2D eigenvalue weighted by molar-refractivity contribution is 9.10. The van der Waals surface area contributed by atoms with E-state index in [0.717, 1.165) is 15.6 Å². The average molecular weight is 351 g/mol. The largest absolute Gasteiger partial charge is 0.489 e. The highest BCUT2D eigenvalue weighted by Gasteiger charge is 2.10. The minimum Gasteiger partial charge on any atom is -0.489 e. The molecule has 2 rings (SSSR count). The molecule has 5 nitrogen and oxygen atoms in total. The van der Waals surface area contributed by atoms with Crippen molar-refractivity contribution in [2.75, 3.05) is 0 Å². The van der Waals surface area contributed by atoms with Crippen molar-refractivity contribution in [3.05, 3.63) is 68.2 Å². The Morgan fingerprint density at radius 1 is 1.33 bits per heavy atom. The minimum atomic E-state index is -0.421. The van der Waals surface area contributed by atoms with Gasteiger partial charge in [-0.05, 0) is 24.6 Å². The second-order valence-corrected chi connectivity index (χ2v) is 5.60. The lowest BCUT2D eigenvalue weighted by Crippen LogP contribution is -2.08. The Hall–Kier alpha value is -1.92. The average Bonchev–Trinajstić information content (AvgIpc) is 2.45. The maximum Gasteiger partial charge on any atom is 0.269 e. The van der Waals surface area contributed by atoms with E-state index in [-0.39, 0.29) is 18.3 Å². The van der Waals surface area contributed by atoms with Crippen LogP contribution in [0.2, 0.25) is 0 Å². The summed E-state index contributed by atoms with van der Waals surface area (Å²) in [5.41, 5.74) is 7.59. The van der Waals surface area contributed by atoms with Crippen LogP contribution in [-0.4, -0.2) is 4.92 Å². The number of halogens is 1. The highest BCUT2D eigenvalue weighted by atomic mass is 79.9. The molecule has 0 radical (unpaired) electrons. The number of nitrogens with zero attached hydrogens (tertiary/aromatic N) is 1.